The van der Waals surface area contributed by atoms with E-state index in [4.69, 9.17) is 47.5 Å². The lowest BCUT2D eigenvalue weighted by Gasteiger charge is -2.29. The lowest BCUT2D eigenvalue weighted by molar-refractivity contribution is -0.113. The van der Waals surface area contributed by atoms with Crippen LogP contribution in [0.5, 0.6) is 17.2 Å². The Bertz CT molecular complexity index is 1750. The van der Waals surface area contributed by atoms with E-state index in [0.717, 1.165) is 23.3 Å². The Morgan fingerprint density at radius 1 is 1.11 bits per heavy atom. The number of allylic oxidation sites excluding steroid dienone is 1. The number of methoxy groups -OCH3 is 1. The normalized spacial score (nSPS) is 14.1. The third kappa shape index (κ3) is 7.38. The smallest absolute Gasteiger partial charge is 0.255 e. The molecule has 45 heavy (non-hydrogen) atoms. The minimum atomic E-state index is -0.644. The molecule has 236 valence electrons. The van der Waals surface area contributed by atoms with Crippen LogP contribution < -0.4 is 24.8 Å². The highest BCUT2D eigenvalue weighted by Gasteiger charge is 2.36. The summed E-state index contributed by atoms with van der Waals surface area (Å²) in [5.74, 6) is 2.62. The second-order valence-electron chi connectivity index (χ2n) is 10.0. The number of para-hydroxylation sites is 2. The number of fused-ring (bicyclic) bond motifs is 1. The highest BCUT2D eigenvalue weighted by Crippen LogP contribution is 2.44. The topological polar surface area (TPSA) is 99.5 Å². The average molecular weight is 734 g/mol. The number of rotatable bonds is 12. The SMILES string of the molecule is CCCSc1nc2n(n1)C(c1cc(Br)c(OCc3ccc(Cl)cc3Cl)c(OC)c1)C(C(=O)Nc1ccccc1OCC)=C(C)N2. The van der Waals surface area contributed by atoms with Gasteiger partial charge in [0.25, 0.3) is 5.91 Å². The molecule has 0 bridgehead atoms. The largest absolute Gasteiger partial charge is 0.493 e. The molecule has 5 rings (SSSR count). The molecule has 4 aromatic rings. The monoisotopic (exact) mass is 731 g/mol. The predicted octanol–water partition coefficient (Wildman–Crippen LogP) is 8.76. The predicted molar refractivity (Wildman–Crippen MR) is 183 cm³/mol. The molecular weight excluding hydrogens is 701 g/mol. The fraction of sp³-hybridized carbons (Fsp3) is 0.281. The molecule has 0 saturated carbocycles. The minimum Gasteiger partial charge on any atom is -0.493 e. The van der Waals surface area contributed by atoms with Gasteiger partial charge in [-0.05, 0) is 78.2 Å². The van der Waals surface area contributed by atoms with Gasteiger partial charge in [0.1, 0.15) is 18.4 Å². The van der Waals surface area contributed by atoms with Crippen molar-refractivity contribution in [2.75, 3.05) is 30.1 Å². The van der Waals surface area contributed by atoms with Crippen LogP contribution in [-0.2, 0) is 11.4 Å². The molecule has 9 nitrogen and oxygen atoms in total. The van der Waals surface area contributed by atoms with Crippen molar-refractivity contribution in [3.63, 3.8) is 0 Å². The number of halogens is 3. The molecule has 2 N–H and O–H groups in total. The minimum absolute atomic E-state index is 0.189. The molecule has 0 saturated heterocycles. The molecule has 13 heteroatoms. The van der Waals surface area contributed by atoms with Crippen molar-refractivity contribution in [2.45, 2.75) is 45.0 Å². The van der Waals surface area contributed by atoms with Gasteiger partial charge in [-0.2, -0.15) is 4.98 Å². The van der Waals surface area contributed by atoms with Gasteiger partial charge in [-0.1, -0.05) is 60.1 Å². The maximum atomic E-state index is 14.1. The molecule has 1 atom stereocenters. The summed E-state index contributed by atoms with van der Waals surface area (Å²) in [6.45, 7) is 6.51. The fourth-order valence-corrected chi connectivity index (χ4v) is 6.58. The quantitative estimate of drug-likeness (QED) is 0.140. The van der Waals surface area contributed by atoms with Crippen LogP contribution in [0.25, 0.3) is 0 Å². The molecule has 2 heterocycles. The number of thioether (sulfide) groups is 1. The standard InChI is InChI=1S/C32H32BrCl2N5O4S/c1-5-13-45-32-38-31-36-18(3)27(30(41)37-24-9-7-8-10-25(24)43-6-2)28(40(31)39-32)20-14-22(33)29(26(15-20)42-4)44-17-19-11-12-21(34)16-23(19)35/h7-12,14-16,28H,5-6,13,17H2,1-4H3,(H,37,41)(H,36,38,39). The van der Waals surface area contributed by atoms with E-state index in [9.17, 15) is 4.79 Å². The number of hydrogen-bond acceptors (Lipinski definition) is 8. The van der Waals surface area contributed by atoms with Gasteiger partial charge in [0.2, 0.25) is 11.1 Å². The van der Waals surface area contributed by atoms with Crippen molar-refractivity contribution in [3.05, 3.63) is 91.5 Å². The van der Waals surface area contributed by atoms with Crippen LogP contribution in [0.1, 0.15) is 44.4 Å². The third-order valence-corrected chi connectivity index (χ3v) is 9.12. The second kappa shape index (κ2) is 14.8. The highest BCUT2D eigenvalue weighted by molar-refractivity contribution is 9.10. The first kappa shape index (κ1) is 33.0. The molecule has 0 spiro atoms. The van der Waals surface area contributed by atoms with E-state index in [-0.39, 0.29) is 12.5 Å². The van der Waals surface area contributed by atoms with E-state index in [0.29, 0.717) is 66.4 Å². The number of nitrogens with zero attached hydrogens (tertiary/aromatic N) is 3. The zero-order chi connectivity index (χ0) is 32.1. The maximum absolute atomic E-state index is 14.1. The summed E-state index contributed by atoms with van der Waals surface area (Å²) in [4.78, 5) is 18.8. The first-order valence-electron chi connectivity index (χ1n) is 14.3. The first-order chi connectivity index (χ1) is 21.7. The maximum Gasteiger partial charge on any atom is 0.255 e. The van der Waals surface area contributed by atoms with Gasteiger partial charge in [-0.3, -0.25) is 4.79 Å². The molecule has 0 fully saturated rings. The van der Waals surface area contributed by atoms with E-state index in [1.54, 1.807) is 35.7 Å². The van der Waals surface area contributed by atoms with Gasteiger partial charge in [0.05, 0.1) is 29.4 Å². The fourth-order valence-electron chi connectivity index (χ4n) is 4.86. The van der Waals surface area contributed by atoms with Crippen LogP contribution in [0.3, 0.4) is 0 Å². The Labute approximate surface area is 284 Å². The summed E-state index contributed by atoms with van der Waals surface area (Å²) in [5.41, 5.74) is 3.17. The number of carbonyl (C=O) groups is 1. The molecule has 3 aromatic carbocycles. The van der Waals surface area contributed by atoms with E-state index < -0.39 is 6.04 Å². The van der Waals surface area contributed by atoms with Crippen LogP contribution in [0.15, 0.2) is 75.5 Å². The molecule has 1 aliphatic heterocycles. The molecule has 1 unspecified atom stereocenters. The summed E-state index contributed by atoms with van der Waals surface area (Å²) in [7, 11) is 1.57. The summed E-state index contributed by atoms with van der Waals surface area (Å²) < 4.78 is 20.1. The number of amides is 1. The number of nitrogens with one attached hydrogen (secondary N) is 2. The van der Waals surface area contributed by atoms with Gasteiger partial charge in [0.15, 0.2) is 11.5 Å². The zero-order valence-corrected chi connectivity index (χ0v) is 29.0. The van der Waals surface area contributed by atoms with Crippen LogP contribution in [-0.4, -0.2) is 40.1 Å². The molecule has 1 aliphatic rings. The highest BCUT2D eigenvalue weighted by atomic mass is 79.9. The second-order valence-corrected chi connectivity index (χ2v) is 12.8. The number of aromatic nitrogens is 3. The summed E-state index contributed by atoms with van der Waals surface area (Å²) >= 11 is 17.7. The van der Waals surface area contributed by atoms with Gasteiger partial charge >= 0.3 is 0 Å². The Morgan fingerprint density at radius 3 is 2.64 bits per heavy atom. The number of carbonyl (C=O) groups excluding carboxylic acids is 1. The summed E-state index contributed by atoms with van der Waals surface area (Å²) in [5, 5.41) is 12.8. The Kier molecular flexibility index (Phi) is 10.9. The van der Waals surface area contributed by atoms with E-state index in [1.165, 1.54) is 0 Å². The summed E-state index contributed by atoms with van der Waals surface area (Å²) in [6, 6.07) is 15.7. The van der Waals surface area contributed by atoms with Crippen LogP contribution in [0.2, 0.25) is 10.0 Å². The van der Waals surface area contributed by atoms with Gasteiger partial charge in [-0.25, -0.2) is 4.68 Å². The average Bonchev–Trinajstić information content (AvgIpc) is 3.42. The van der Waals surface area contributed by atoms with E-state index >= 15 is 0 Å². The first-order valence-corrected chi connectivity index (χ1v) is 16.8. The van der Waals surface area contributed by atoms with Gasteiger partial charge in [-0.15, -0.1) is 5.10 Å². The number of ether oxygens (including phenoxy) is 3. The third-order valence-electron chi connectivity index (χ3n) is 6.90. The van der Waals surface area contributed by atoms with Crippen LogP contribution in [0.4, 0.5) is 11.6 Å². The molecule has 1 amide bonds. The Balaban J connectivity index is 1.55. The van der Waals surface area contributed by atoms with E-state index in [2.05, 4.69) is 33.5 Å². The lowest BCUT2D eigenvalue weighted by atomic mass is 9.94. The Morgan fingerprint density at radius 2 is 1.91 bits per heavy atom. The van der Waals surface area contributed by atoms with Crippen molar-refractivity contribution >= 4 is 68.4 Å². The lowest BCUT2D eigenvalue weighted by Crippen LogP contribution is -2.31. The van der Waals surface area contributed by atoms with Crippen LogP contribution >= 0.6 is 50.9 Å². The van der Waals surface area contributed by atoms with Crippen molar-refractivity contribution in [1.82, 2.24) is 14.8 Å². The van der Waals surface area contributed by atoms with Gasteiger partial charge in [0, 0.05) is 27.1 Å². The molecule has 0 aliphatic carbocycles. The van der Waals surface area contributed by atoms with Crippen molar-refractivity contribution in [1.29, 1.82) is 0 Å². The molecule has 0 radical (unpaired) electrons. The molecular formula is C32H32BrCl2N5O4S. The van der Waals surface area contributed by atoms with Crippen molar-refractivity contribution < 1.29 is 19.0 Å². The summed E-state index contributed by atoms with van der Waals surface area (Å²) in [6.07, 6.45) is 0.975. The number of benzene rings is 3. The van der Waals surface area contributed by atoms with Crippen molar-refractivity contribution in [3.8, 4) is 17.2 Å². The van der Waals surface area contributed by atoms with Crippen molar-refractivity contribution in [2.24, 2.45) is 0 Å². The molecule has 1 aromatic heterocycles. The number of hydrogen-bond donors (Lipinski definition) is 2. The van der Waals surface area contributed by atoms with Crippen LogP contribution in [0, 0.1) is 0 Å². The van der Waals surface area contributed by atoms with E-state index in [1.807, 2.05) is 56.3 Å². The number of anilines is 2. The zero-order valence-electron chi connectivity index (χ0n) is 25.1. The van der Waals surface area contributed by atoms with Gasteiger partial charge < -0.3 is 24.8 Å². The Hall–Kier alpha value is -3.38.